The fraction of sp³-hybridized carbons (Fsp3) is 0.900. The minimum atomic E-state index is -0.414. The molecule has 5 atom stereocenters. The summed E-state index contributed by atoms with van der Waals surface area (Å²) >= 11 is 0. The van der Waals surface area contributed by atoms with E-state index >= 15 is 0 Å². The van der Waals surface area contributed by atoms with Crippen molar-refractivity contribution in [2.24, 2.45) is 23.2 Å². The smallest absolute Gasteiger partial charge is 0.309 e. The van der Waals surface area contributed by atoms with Gasteiger partial charge in [0.1, 0.15) is 6.10 Å². The Balaban J connectivity index is 2.10. The van der Waals surface area contributed by atoms with E-state index in [0.29, 0.717) is 0 Å². The number of hydrogen-bond donors (Lipinski definition) is 1. The molecule has 0 amide bonds. The van der Waals surface area contributed by atoms with E-state index in [1.807, 2.05) is 0 Å². The molecule has 1 aliphatic heterocycles. The van der Waals surface area contributed by atoms with Crippen LogP contribution in [0.3, 0.4) is 0 Å². The lowest BCUT2D eigenvalue weighted by atomic mass is 9.80. The number of carbonyl (C=O) groups is 1. The number of rotatable bonds is 0. The molecular weight excluding hydrogens is 168 g/mol. The molecule has 0 aromatic heterocycles. The highest BCUT2D eigenvalue weighted by Gasteiger charge is 2.69. The average molecular weight is 182 g/mol. The van der Waals surface area contributed by atoms with Crippen LogP contribution in [0, 0.1) is 23.2 Å². The van der Waals surface area contributed by atoms with Gasteiger partial charge in [0.15, 0.2) is 0 Å². The molecule has 3 nitrogen and oxygen atoms in total. The van der Waals surface area contributed by atoms with Crippen LogP contribution in [0.5, 0.6) is 0 Å². The maximum atomic E-state index is 11.4. The minimum Gasteiger partial charge on any atom is -0.459 e. The summed E-state index contributed by atoms with van der Waals surface area (Å²) in [5.74, 6) is 0.523. The molecule has 1 saturated heterocycles. The SMILES string of the molecule is CC1(C)C2CC3C(=O)OC(C2O)C31. The number of aliphatic hydroxyl groups excluding tert-OH is 1. The van der Waals surface area contributed by atoms with Crippen molar-refractivity contribution in [3.8, 4) is 0 Å². The normalized spacial score (nSPS) is 55.6. The second kappa shape index (κ2) is 1.92. The van der Waals surface area contributed by atoms with Crippen LogP contribution in [0.1, 0.15) is 20.3 Å². The minimum absolute atomic E-state index is 0.0772. The first-order valence-corrected chi connectivity index (χ1v) is 4.92. The van der Waals surface area contributed by atoms with E-state index in [2.05, 4.69) is 13.8 Å². The monoisotopic (exact) mass is 182 g/mol. The summed E-state index contributed by atoms with van der Waals surface area (Å²) < 4.78 is 5.20. The van der Waals surface area contributed by atoms with Gasteiger partial charge in [0.2, 0.25) is 0 Å². The predicted octanol–water partition coefficient (Wildman–Crippen LogP) is 0.565. The molecule has 0 aromatic carbocycles. The van der Waals surface area contributed by atoms with E-state index in [1.165, 1.54) is 0 Å². The first kappa shape index (κ1) is 7.80. The summed E-state index contributed by atoms with van der Waals surface area (Å²) in [7, 11) is 0. The maximum Gasteiger partial charge on any atom is 0.309 e. The van der Waals surface area contributed by atoms with Gasteiger partial charge in [-0.3, -0.25) is 4.79 Å². The molecule has 5 unspecified atom stereocenters. The molecule has 1 N–H and O–H groups in total. The Kier molecular flexibility index (Phi) is 1.15. The Bertz CT molecular complexity index is 284. The van der Waals surface area contributed by atoms with Crippen molar-refractivity contribution in [1.29, 1.82) is 0 Å². The summed E-state index contributed by atoms with van der Waals surface area (Å²) in [5.41, 5.74) is 0.0842. The van der Waals surface area contributed by atoms with Gasteiger partial charge in [-0.1, -0.05) is 13.8 Å². The highest BCUT2D eigenvalue weighted by molar-refractivity contribution is 5.77. The summed E-state index contributed by atoms with van der Waals surface area (Å²) in [6, 6.07) is 0. The molecule has 0 radical (unpaired) electrons. The van der Waals surface area contributed by atoms with Gasteiger partial charge in [-0.2, -0.15) is 0 Å². The molecule has 13 heavy (non-hydrogen) atoms. The van der Waals surface area contributed by atoms with Crippen molar-refractivity contribution in [3.05, 3.63) is 0 Å². The molecule has 0 spiro atoms. The molecule has 1 heterocycles. The molecule has 2 bridgehead atoms. The zero-order chi connectivity index (χ0) is 9.38. The standard InChI is InChI=1S/C10H14O3/c1-10(2)5-3-4-6(10)8(7(5)11)13-9(4)12/h4-8,11H,3H2,1-2H3. The summed E-state index contributed by atoms with van der Waals surface area (Å²) in [4.78, 5) is 11.4. The van der Waals surface area contributed by atoms with E-state index in [-0.39, 0.29) is 35.2 Å². The summed E-state index contributed by atoms with van der Waals surface area (Å²) in [5, 5.41) is 9.88. The first-order chi connectivity index (χ1) is 6.03. The Morgan fingerprint density at radius 3 is 2.77 bits per heavy atom. The van der Waals surface area contributed by atoms with Crippen LogP contribution >= 0.6 is 0 Å². The second-order valence-corrected chi connectivity index (χ2v) is 5.19. The van der Waals surface area contributed by atoms with Gasteiger partial charge in [-0.05, 0) is 17.8 Å². The summed E-state index contributed by atoms with van der Waals surface area (Å²) in [6.45, 7) is 4.29. The van der Waals surface area contributed by atoms with Crippen molar-refractivity contribution in [3.63, 3.8) is 0 Å². The third-order valence-electron chi connectivity index (χ3n) is 4.41. The first-order valence-electron chi connectivity index (χ1n) is 4.92. The van der Waals surface area contributed by atoms with Crippen molar-refractivity contribution in [1.82, 2.24) is 0 Å². The lowest BCUT2D eigenvalue weighted by Gasteiger charge is -2.23. The van der Waals surface area contributed by atoms with E-state index in [0.717, 1.165) is 6.42 Å². The molecule has 2 saturated carbocycles. The number of fused-ring (bicyclic) bond motifs is 1. The number of carbonyl (C=O) groups excluding carboxylic acids is 1. The van der Waals surface area contributed by atoms with E-state index in [1.54, 1.807) is 0 Å². The third kappa shape index (κ3) is 0.654. The van der Waals surface area contributed by atoms with Crippen molar-refractivity contribution < 1.29 is 14.6 Å². The van der Waals surface area contributed by atoms with Crippen LogP contribution in [0.15, 0.2) is 0 Å². The number of hydrogen-bond acceptors (Lipinski definition) is 3. The zero-order valence-corrected chi connectivity index (χ0v) is 7.86. The topological polar surface area (TPSA) is 46.5 Å². The average Bonchev–Trinajstić information content (AvgIpc) is 2.51. The van der Waals surface area contributed by atoms with E-state index in [9.17, 15) is 9.90 Å². The number of aliphatic hydroxyl groups is 1. The van der Waals surface area contributed by atoms with Gasteiger partial charge in [-0.15, -0.1) is 0 Å². The van der Waals surface area contributed by atoms with Crippen molar-refractivity contribution in [2.45, 2.75) is 32.5 Å². The highest BCUT2D eigenvalue weighted by atomic mass is 16.6. The van der Waals surface area contributed by atoms with Crippen LogP contribution < -0.4 is 0 Å². The summed E-state index contributed by atoms with van der Waals surface area (Å²) in [6.07, 6.45) is 0.211. The van der Waals surface area contributed by atoms with Crippen LogP contribution in [0.25, 0.3) is 0 Å². The molecule has 0 aromatic rings. The lowest BCUT2D eigenvalue weighted by Crippen LogP contribution is -2.31. The number of ether oxygens (including phenoxy) is 1. The molecular formula is C10H14O3. The van der Waals surface area contributed by atoms with Gasteiger partial charge in [0.05, 0.1) is 12.0 Å². The quantitative estimate of drug-likeness (QED) is 0.557. The Labute approximate surface area is 77.1 Å². The van der Waals surface area contributed by atoms with Crippen LogP contribution in [-0.2, 0) is 9.53 Å². The van der Waals surface area contributed by atoms with Crippen LogP contribution in [-0.4, -0.2) is 23.3 Å². The highest BCUT2D eigenvalue weighted by Crippen LogP contribution is 2.64. The van der Waals surface area contributed by atoms with Crippen LogP contribution in [0.4, 0.5) is 0 Å². The van der Waals surface area contributed by atoms with E-state index in [4.69, 9.17) is 4.74 Å². The predicted molar refractivity (Wildman–Crippen MR) is 44.8 cm³/mol. The third-order valence-corrected chi connectivity index (χ3v) is 4.41. The maximum absolute atomic E-state index is 11.4. The van der Waals surface area contributed by atoms with Gasteiger partial charge in [-0.25, -0.2) is 0 Å². The largest absolute Gasteiger partial charge is 0.459 e. The fourth-order valence-electron chi connectivity index (χ4n) is 3.77. The lowest BCUT2D eigenvalue weighted by molar-refractivity contribution is -0.145. The molecule has 3 aliphatic rings. The zero-order valence-electron chi connectivity index (χ0n) is 7.86. The Hall–Kier alpha value is -0.570. The molecule has 3 rings (SSSR count). The molecule has 2 aliphatic carbocycles. The number of esters is 1. The fourth-order valence-corrected chi connectivity index (χ4v) is 3.77. The van der Waals surface area contributed by atoms with Gasteiger partial charge >= 0.3 is 5.97 Å². The Morgan fingerprint density at radius 1 is 1.54 bits per heavy atom. The van der Waals surface area contributed by atoms with E-state index < -0.39 is 6.10 Å². The van der Waals surface area contributed by atoms with Gasteiger partial charge in [0.25, 0.3) is 0 Å². The Morgan fingerprint density at radius 2 is 2.23 bits per heavy atom. The van der Waals surface area contributed by atoms with Crippen molar-refractivity contribution in [2.75, 3.05) is 0 Å². The molecule has 3 fully saturated rings. The van der Waals surface area contributed by atoms with Gasteiger partial charge < -0.3 is 9.84 Å². The van der Waals surface area contributed by atoms with Crippen LogP contribution in [0.2, 0.25) is 0 Å². The second-order valence-electron chi connectivity index (χ2n) is 5.19. The van der Waals surface area contributed by atoms with Crippen molar-refractivity contribution >= 4 is 5.97 Å². The molecule has 3 heteroatoms. The van der Waals surface area contributed by atoms with Gasteiger partial charge in [0, 0.05) is 5.92 Å². The molecule has 72 valence electrons.